The van der Waals surface area contributed by atoms with Crippen LogP contribution in [0.15, 0.2) is 77.7 Å². The number of likely N-dealkylation sites (N-methyl/N-ethyl adjacent to an activating group) is 1. The van der Waals surface area contributed by atoms with Gasteiger partial charge in [0, 0.05) is 56.8 Å². The summed E-state index contributed by atoms with van der Waals surface area (Å²) < 4.78 is 42.2. The van der Waals surface area contributed by atoms with Crippen LogP contribution >= 0.6 is 11.6 Å². The van der Waals surface area contributed by atoms with Crippen molar-refractivity contribution in [1.82, 2.24) is 30.1 Å². The van der Waals surface area contributed by atoms with Crippen molar-refractivity contribution in [2.24, 2.45) is 7.05 Å². The van der Waals surface area contributed by atoms with Crippen LogP contribution in [-0.4, -0.2) is 135 Å². The predicted molar refractivity (Wildman–Crippen MR) is 257 cm³/mol. The standard InChI is InChI=1S/C49H55ClN8O12/c1-51-44(60)30-69-42-27-31-25-33(7-10-38(31)56(2)48(42)63)53-45-37(50)28-52-49(55-45)57-15-13-34(14-16-57)67-23-21-65-19-17-64-18-20-66-22-24-68-40-5-3-4-6-41(40)70-35-8-9-36-32(26-35)29-58(47(36)62)39-11-12-43(59)54-46(39)61/h3-10,25-28,34,39H,11-24,29-30H2,1-2H3,(H,51,60)(H,52,53,55)(H,54,59,61). The highest BCUT2D eigenvalue weighted by Crippen LogP contribution is 2.35. The summed E-state index contributed by atoms with van der Waals surface area (Å²) in [6.07, 6.45) is 3.74. The van der Waals surface area contributed by atoms with Gasteiger partial charge in [0.15, 0.2) is 29.7 Å². The molecule has 20 nitrogen and oxygen atoms in total. The molecule has 3 aliphatic rings. The van der Waals surface area contributed by atoms with Crippen LogP contribution in [-0.2, 0) is 46.9 Å². The highest BCUT2D eigenvalue weighted by Gasteiger charge is 2.39. The third-order valence-corrected chi connectivity index (χ3v) is 12.2. The van der Waals surface area contributed by atoms with Gasteiger partial charge in [0.25, 0.3) is 17.4 Å². The second-order valence-electron chi connectivity index (χ2n) is 16.6. The first-order valence-corrected chi connectivity index (χ1v) is 23.5. The van der Waals surface area contributed by atoms with E-state index in [9.17, 15) is 24.0 Å². The second-order valence-corrected chi connectivity index (χ2v) is 17.0. The molecule has 8 rings (SSSR count). The largest absolute Gasteiger partial charge is 0.487 e. The van der Waals surface area contributed by atoms with Crippen molar-refractivity contribution in [3.63, 3.8) is 0 Å². The number of nitrogens with one attached hydrogen (secondary N) is 3. The lowest BCUT2D eigenvalue weighted by atomic mass is 10.0. The first kappa shape index (κ1) is 49.6. The van der Waals surface area contributed by atoms with Crippen molar-refractivity contribution in [2.45, 2.75) is 44.4 Å². The van der Waals surface area contributed by atoms with E-state index in [1.807, 2.05) is 30.3 Å². The highest BCUT2D eigenvalue weighted by atomic mass is 35.5. The minimum atomic E-state index is -0.685. The van der Waals surface area contributed by atoms with Crippen molar-refractivity contribution < 1.29 is 52.3 Å². The Kier molecular flexibility index (Phi) is 16.7. The Morgan fingerprint density at radius 1 is 0.829 bits per heavy atom. The lowest BCUT2D eigenvalue weighted by Gasteiger charge is -2.32. The van der Waals surface area contributed by atoms with E-state index in [2.05, 4.69) is 25.8 Å². The number of rotatable bonds is 23. The number of para-hydroxylation sites is 2. The minimum absolute atomic E-state index is 0.0662. The maximum atomic E-state index is 13.1. The van der Waals surface area contributed by atoms with Gasteiger partial charge >= 0.3 is 0 Å². The molecule has 70 heavy (non-hydrogen) atoms. The van der Waals surface area contributed by atoms with E-state index in [4.69, 9.17) is 49.7 Å². The van der Waals surface area contributed by atoms with Crippen LogP contribution in [0.4, 0.5) is 17.5 Å². The monoisotopic (exact) mass is 982 g/mol. The average molecular weight is 983 g/mol. The fourth-order valence-electron chi connectivity index (χ4n) is 8.23. The first-order valence-electron chi connectivity index (χ1n) is 23.1. The number of amides is 4. The number of benzene rings is 3. The molecule has 4 amide bonds. The fraction of sp³-hybridized carbons (Fsp3) is 0.408. The van der Waals surface area contributed by atoms with E-state index in [0.717, 1.165) is 23.8 Å². The predicted octanol–water partition coefficient (Wildman–Crippen LogP) is 4.52. The number of fused-ring (bicyclic) bond motifs is 2. The summed E-state index contributed by atoms with van der Waals surface area (Å²) in [7, 11) is 3.14. The van der Waals surface area contributed by atoms with E-state index in [1.165, 1.54) is 16.5 Å². The Hall–Kier alpha value is -6.84. The summed E-state index contributed by atoms with van der Waals surface area (Å²) in [6.45, 7) is 4.57. The SMILES string of the molecule is CNC(=O)COc1cc2cc(Nc3nc(N4CCC(OCCOCCOCCOCCOc5ccccc5Oc5ccc6c(c5)CN(C5CCC(=O)NC5=O)C6=O)CC4)ncc3Cl)ccc2n(C)c1=O. The zero-order valence-corrected chi connectivity index (χ0v) is 39.7. The molecule has 2 aromatic heterocycles. The molecule has 2 fully saturated rings. The molecule has 1 atom stereocenters. The maximum Gasteiger partial charge on any atom is 0.293 e. The lowest BCUT2D eigenvalue weighted by Crippen LogP contribution is -2.52. The molecule has 3 N–H and O–H groups in total. The Labute approximate surface area is 408 Å². The van der Waals surface area contributed by atoms with Crippen LogP contribution in [0.25, 0.3) is 10.9 Å². The number of pyridine rings is 1. The van der Waals surface area contributed by atoms with Gasteiger partial charge in [0.2, 0.25) is 17.8 Å². The number of carbonyl (C=O) groups excluding carboxylic acids is 4. The zero-order chi connectivity index (χ0) is 49.0. The molecule has 0 saturated carbocycles. The quantitative estimate of drug-likeness (QED) is 0.0605. The lowest BCUT2D eigenvalue weighted by molar-refractivity contribution is -0.137. The van der Waals surface area contributed by atoms with E-state index in [1.54, 1.807) is 49.6 Å². The molecular weight excluding hydrogens is 928 g/mol. The maximum absolute atomic E-state index is 13.1. The summed E-state index contributed by atoms with van der Waals surface area (Å²) in [4.78, 5) is 74.4. The van der Waals surface area contributed by atoms with Gasteiger partial charge in [-0.1, -0.05) is 23.7 Å². The van der Waals surface area contributed by atoms with Gasteiger partial charge in [-0.25, -0.2) is 4.98 Å². The molecule has 370 valence electrons. The number of nitrogens with zero attached hydrogens (tertiary/aromatic N) is 5. The summed E-state index contributed by atoms with van der Waals surface area (Å²) in [5.74, 6) is 1.25. The van der Waals surface area contributed by atoms with Gasteiger partial charge in [-0.05, 0) is 79.4 Å². The number of anilines is 3. The molecule has 3 aliphatic heterocycles. The molecule has 0 aliphatic carbocycles. The number of hydrogen-bond acceptors (Lipinski definition) is 16. The molecule has 0 bridgehead atoms. The number of carbonyl (C=O) groups is 4. The molecule has 3 aromatic carbocycles. The topological polar surface area (TPSA) is 223 Å². The van der Waals surface area contributed by atoms with Crippen LogP contribution in [0, 0.1) is 0 Å². The molecule has 0 spiro atoms. The third-order valence-electron chi connectivity index (χ3n) is 11.9. The van der Waals surface area contributed by atoms with Gasteiger partial charge in [-0.2, -0.15) is 4.98 Å². The Bertz CT molecular complexity index is 2750. The van der Waals surface area contributed by atoms with Crippen molar-refractivity contribution in [1.29, 1.82) is 0 Å². The Balaban J connectivity index is 0.671. The molecule has 2 saturated heterocycles. The number of aryl methyl sites for hydroxylation is 1. The van der Waals surface area contributed by atoms with Crippen molar-refractivity contribution in [3.05, 3.63) is 99.4 Å². The Morgan fingerprint density at radius 2 is 1.56 bits per heavy atom. The number of imide groups is 1. The van der Waals surface area contributed by atoms with Crippen molar-refractivity contribution >= 4 is 63.6 Å². The number of ether oxygens (including phenoxy) is 7. The van der Waals surface area contributed by atoms with E-state index in [0.29, 0.717) is 117 Å². The molecule has 1 unspecified atom stereocenters. The molecular formula is C49H55ClN8O12. The number of hydrogen-bond donors (Lipinski definition) is 3. The molecule has 5 heterocycles. The van der Waals surface area contributed by atoms with Crippen LogP contribution in [0.2, 0.25) is 5.02 Å². The zero-order valence-electron chi connectivity index (χ0n) is 38.9. The van der Waals surface area contributed by atoms with Crippen LogP contribution < -0.4 is 40.6 Å². The smallest absolute Gasteiger partial charge is 0.293 e. The number of halogens is 1. The van der Waals surface area contributed by atoms with Gasteiger partial charge in [-0.15, -0.1) is 0 Å². The van der Waals surface area contributed by atoms with Crippen LogP contribution in [0.5, 0.6) is 23.0 Å². The first-order chi connectivity index (χ1) is 34.0. The van der Waals surface area contributed by atoms with Gasteiger partial charge in [0.1, 0.15) is 23.4 Å². The summed E-state index contributed by atoms with van der Waals surface area (Å²) >= 11 is 6.52. The number of aromatic nitrogens is 3. The van der Waals surface area contributed by atoms with Gasteiger partial charge < -0.3 is 58.2 Å². The normalized spacial score (nSPS) is 16.0. The summed E-state index contributed by atoms with van der Waals surface area (Å²) in [6, 6.07) is 18.9. The van der Waals surface area contributed by atoms with E-state index >= 15 is 0 Å². The molecule has 0 radical (unpaired) electrons. The third kappa shape index (κ3) is 12.5. The van der Waals surface area contributed by atoms with Crippen LogP contribution in [0.3, 0.4) is 0 Å². The summed E-state index contributed by atoms with van der Waals surface area (Å²) in [5.41, 5.74) is 2.28. The van der Waals surface area contributed by atoms with Crippen molar-refractivity contribution in [2.75, 3.05) is 89.8 Å². The van der Waals surface area contributed by atoms with E-state index in [-0.39, 0.29) is 61.3 Å². The van der Waals surface area contributed by atoms with Crippen LogP contribution in [0.1, 0.15) is 41.6 Å². The average Bonchev–Trinajstić information content (AvgIpc) is 3.69. The fourth-order valence-corrected chi connectivity index (χ4v) is 8.37. The summed E-state index contributed by atoms with van der Waals surface area (Å²) in [5, 5.41) is 9.14. The van der Waals surface area contributed by atoms with Gasteiger partial charge in [-0.3, -0.25) is 29.3 Å². The molecule has 5 aromatic rings. The second kappa shape index (κ2) is 23.6. The van der Waals surface area contributed by atoms with E-state index < -0.39 is 11.9 Å². The highest BCUT2D eigenvalue weighted by molar-refractivity contribution is 6.33. The molecule has 21 heteroatoms. The number of piperidine rings is 2. The Morgan fingerprint density at radius 3 is 2.30 bits per heavy atom. The van der Waals surface area contributed by atoms with Crippen molar-refractivity contribution in [3.8, 4) is 23.0 Å². The van der Waals surface area contributed by atoms with Gasteiger partial charge in [0.05, 0.1) is 64.1 Å². The minimum Gasteiger partial charge on any atom is -0.487 e.